The summed E-state index contributed by atoms with van der Waals surface area (Å²) >= 11 is 0. The van der Waals surface area contributed by atoms with Gasteiger partial charge in [-0.3, -0.25) is 4.79 Å². The molecule has 0 fully saturated rings. The maximum atomic E-state index is 11.9. The fourth-order valence-electron chi connectivity index (χ4n) is 1.42. The molecule has 0 aliphatic carbocycles. The zero-order valence-corrected chi connectivity index (χ0v) is 11.1. The third kappa shape index (κ3) is 3.76. The van der Waals surface area contributed by atoms with E-state index in [0.717, 1.165) is 0 Å². The molecule has 0 bridgehead atoms. The van der Waals surface area contributed by atoms with Crippen molar-refractivity contribution < 1.29 is 9.90 Å². The summed E-state index contributed by atoms with van der Waals surface area (Å²) in [6.07, 6.45) is 1.39. The van der Waals surface area contributed by atoms with Gasteiger partial charge in [0.1, 0.15) is 0 Å². The molecule has 0 aromatic heterocycles. The molecule has 16 heavy (non-hydrogen) atoms. The molecule has 4 nitrogen and oxygen atoms in total. The van der Waals surface area contributed by atoms with E-state index in [4.69, 9.17) is 5.73 Å². The lowest BCUT2D eigenvalue weighted by molar-refractivity contribution is -0.127. The Morgan fingerprint density at radius 3 is 2.00 bits per heavy atom. The Bertz CT molecular complexity index is 221. The zero-order chi connectivity index (χ0) is 13.0. The predicted octanol–water partition coefficient (Wildman–Crippen LogP) is 1.03. The van der Waals surface area contributed by atoms with Gasteiger partial charge in [0.05, 0.1) is 18.2 Å². The molecule has 0 heterocycles. The van der Waals surface area contributed by atoms with Crippen LogP contribution in [0, 0.1) is 5.41 Å². The van der Waals surface area contributed by atoms with Crippen molar-refractivity contribution in [2.24, 2.45) is 11.1 Å². The SMILES string of the molecule is CCC(CC)(CO)NC(=O)C(N)C(C)(C)C. The fraction of sp³-hybridized carbons (Fsp3) is 0.917. The average Bonchev–Trinajstić information content (AvgIpc) is 2.23. The van der Waals surface area contributed by atoms with Gasteiger partial charge in [0.25, 0.3) is 0 Å². The Morgan fingerprint density at radius 2 is 1.75 bits per heavy atom. The molecule has 4 heteroatoms. The van der Waals surface area contributed by atoms with Crippen molar-refractivity contribution in [2.75, 3.05) is 6.61 Å². The number of carbonyl (C=O) groups excluding carboxylic acids is 1. The van der Waals surface area contributed by atoms with Crippen LogP contribution >= 0.6 is 0 Å². The summed E-state index contributed by atoms with van der Waals surface area (Å²) in [5.41, 5.74) is 5.07. The number of aliphatic hydroxyl groups is 1. The van der Waals surface area contributed by atoms with E-state index in [1.165, 1.54) is 0 Å². The molecule has 0 aliphatic rings. The Hall–Kier alpha value is -0.610. The summed E-state index contributed by atoms with van der Waals surface area (Å²) in [7, 11) is 0. The Morgan fingerprint density at radius 1 is 1.31 bits per heavy atom. The van der Waals surface area contributed by atoms with E-state index in [1.807, 2.05) is 34.6 Å². The van der Waals surface area contributed by atoms with Gasteiger partial charge in [-0.1, -0.05) is 34.6 Å². The largest absolute Gasteiger partial charge is 0.394 e. The molecule has 0 aromatic rings. The second-order valence-corrected chi connectivity index (χ2v) is 5.48. The van der Waals surface area contributed by atoms with Gasteiger partial charge in [0, 0.05) is 0 Å². The predicted molar refractivity (Wildman–Crippen MR) is 66.0 cm³/mol. The van der Waals surface area contributed by atoms with E-state index in [-0.39, 0.29) is 17.9 Å². The van der Waals surface area contributed by atoms with Crippen molar-refractivity contribution in [3.05, 3.63) is 0 Å². The molecule has 96 valence electrons. The van der Waals surface area contributed by atoms with E-state index in [2.05, 4.69) is 5.32 Å². The van der Waals surface area contributed by atoms with E-state index in [1.54, 1.807) is 0 Å². The number of hydrogen-bond donors (Lipinski definition) is 3. The van der Waals surface area contributed by atoms with Crippen molar-refractivity contribution in [2.45, 2.75) is 59.0 Å². The number of rotatable bonds is 5. The third-order valence-electron chi connectivity index (χ3n) is 3.26. The summed E-state index contributed by atoms with van der Waals surface area (Å²) in [4.78, 5) is 11.9. The second-order valence-electron chi connectivity index (χ2n) is 5.48. The highest BCUT2D eigenvalue weighted by atomic mass is 16.3. The summed E-state index contributed by atoms with van der Waals surface area (Å²) in [5.74, 6) is -0.190. The molecule has 0 saturated heterocycles. The normalized spacial score (nSPS) is 14.7. The van der Waals surface area contributed by atoms with E-state index in [9.17, 15) is 9.90 Å². The number of nitrogens with two attached hydrogens (primary N) is 1. The summed E-state index contributed by atoms with van der Waals surface area (Å²) in [6.45, 7) is 9.62. The van der Waals surface area contributed by atoms with Crippen molar-refractivity contribution in [1.82, 2.24) is 5.32 Å². The first kappa shape index (κ1) is 15.4. The van der Waals surface area contributed by atoms with Gasteiger partial charge in [-0.2, -0.15) is 0 Å². The second kappa shape index (κ2) is 5.64. The van der Waals surface area contributed by atoms with Crippen LogP contribution in [0.5, 0.6) is 0 Å². The van der Waals surface area contributed by atoms with Crippen molar-refractivity contribution in [3.63, 3.8) is 0 Å². The minimum Gasteiger partial charge on any atom is -0.394 e. The minimum atomic E-state index is -0.559. The summed E-state index contributed by atoms with van der Waals surface area (Å²) < 4.78 is 0. The topological polar surface area (TPSA) is 75.3 Å². The minimum absolute atomic E-state index is 0.0530. The summed E-state index contributed by atoms with van der Waals surface area (Å²) in [5, 5.41) is 12.2. The number of carbonyl (C=O) groups is 1. The number of amides is 1. The molecule has 0 rings (SSSR count). The highest BCUT2D eigenvalue weighted by molar-refractivity contribution is 5.83. The standard InChI is InChI=1S/C12H26N2O2/c1-6-12(7-2,8-15)14-10(16)9(13)11(3,4)5/h9,15H,6-8,13H2,1-5H3,(H,14,16). The Kier molecular flexibility index (Phi) is 5.42. The van der Waals surface area contributed by atoms with E-state index < -0.39 is 11.6 Å². The van der Waals surface area contributed by atoms with Crippen LogP contribution in [0.2, 0.25) is 0 Å². The summed E-state index contributed by atoms with van der Waals surface area (Å²) in [6, 6.07) is -0.559. The first-order chi connectivity index (χ1) is 7.22. The van der Waals surface area contributed by atoms with Crippen LogP contribution in [0.15, 0.2) is 0 Å². The number of aliphatic hydroxyl groups excluding tert-OH is 1. The van der Waals surface area contributed by atoms with Crippen molar-refractivity contribution in [3.8, 4) is 0 Å². The van der Waals surface area contributed by atoms with Gasteiger partial charge in [-0.15, -0.1) is 0 Å². The van der Waals surface area contributed by atoms with Crippen molar-refractivity contribution >= 4 is 5.91 Å². The number of hydrogen-bond acceptors (Lipinski definition) is 3. The third-order valence-corrected chi connectivity index (χ3v) is 3.26. The highest BCUT2D eigenvalue weighted by Crippen LogP contribution is 2.20. The molecule has 1 unspecified atom stereocenters. The van der Waals surface area contributed by atoms with E-state index in [0.29, 0.717) is 12.8 Å². The molecule has 0 saturated carbocycles. The van der Waals surface area contributed by atoms with Gasteiger partial charge in [-0.05, 0) is 18.3 Å². The maximum absolute atomic E-state index is 11.9. The maximum Gasteiger partial charge on any atom is 0.237 e. The van der Waals surface area contributed by atoms with Gasteiger partial charge < -0.3 is 16.2 Å². The van der Waals surface area contributed by atoms with Gasteiger partial charge in [0.2, 0.25) is 5.91 Å². The Labute approximate surface area is 98.6 Å². The van der Waals surface area contributed by atoms with Crippen LogP contribution in [-0.2, 0) is 4.79 Å². The van der Waals surface area contributed by atoms with Crippen LogP contribution in [-0.4, -0.2) is 29.2 Å². The Balaban J connectivity index is 4.65. The monoisotopic (exact) mass is 230 g/mol. The first-order valence-electron chi connectivity index (χ1n) is 5.91. The first-order valence-corrected chi connectivity index (χ1v) is 5.91. The highest BCUT2D eigenvalue weighted by Gasteiger charge is 2.33. The lowest BCUT2D eigenvalue weighted by Crippen LogP contribution is -2.58. The fourth-order valence-corrected chi connectivity index (χ4v) is 1.42. The number of nitrogens with one attached hydrogen (secondary N) is 1. The molecule has 0 aliphatic heterocycles. The van der Waals surface area contributed by atoms with Crippen LogP contribution in [0.25, 0.3) is 0 Å². The molecular weight excluding hydrogens is 204 g/mol. The zero-order valence-electron chi connectivity index (χ0n) is 11.1. The average molecular weight is 230 g/mol. The quantitative estimate of drug-likeness (QED) is 0.660. The van der Waals surface area contributed by atoms with Crippen LogP contribution < -0.4 is 11.1 Å². The van der Waals surface area contributed by atoms with Crippen LogP contribution in [0.4, 0.5) is 0 Å². The van der Waals surface area contributed by atoms with Crippen LogP contribution in [0.3, 0.4) is 0 Å². The van der Waals surface area contributed by atoms with E-state index >= 15 is 0 Å². The molecule has 1 atom stereocenters. The lowest BCUT2D eigenvalue weighted by Gasteiger charge is -2.34. The van der Waals surface area contributed by atoms with Gasteiger partial charge in [0.15, 0.2) is 0 Å². The molecular formula is C12H26N2O2. The van der Waals surface area contributed by atoms with Crippen LogP contribution in [0.1, 0.15) is 47.5 Å². The molecule has 0 radical (unpaired) electrons. The van der Waals surface area contributed by atoms with Gasteiger partial charge in [-0.25, -0.2) is 0 Å². The van der Waals surface area contributed by atoms with Gasteiger partial charge >= 0.3 is 0 Å². The molecule has 0 aromatic carbocycles. The molecule has 4 N–H and O–H groups in total. The molecule has 1 amide bonds. The van der Waals surface area contributed by atoms with Crippen molar-refractivity contribution in [1.29, 1.82) is 0 Å². The smallest absolute Gasteiger partial charge is 0.237 e. The lowest BCUT2D eigenvalue weighted by atomic mass is 9.85. The molecule has 0 spiro atoms.